The molecule has 4 N–H and O–H groups in total. The van der Waals surface area contributed by atoms with Crippen molar-refractivity contribution in [1.29, 1.82) is 0 Å². The zero-order valence-electron chi connectivity index (χ0n) is 10.7. The van der Waals surface area contributed by atoms with Crippen LogP contribution in [0, 0.1) is 0 Å². The minimum atomic E-state index is -1.09. The minimum Gasteiger partial charge on any atom is -0.481 e. The van der Waals surface area contributed by atoms with Crippen LogP contribution in [-0.2, 0) is 23.9 Å². The van der Waals surface area contributed by atoms with Gasteiger partial charge >= 0.3 is 11.9 Å². The monoisotopic (exact) mass is 274 g/mol. The summed E-state index contributed by atoms with van der Waals surface area (Å²) in [4.78, 5) is 43.8. The van der Waals surface area contributed by atoms with E-state index < -0.39 is 29.8 Å². The maximum absolute atomic E-state index is 11.4. The summed E-state index contributed by atoms with van der Waals surface area (Å²) < 4.78 is 4.64. The number of carboxylic acids is 1. The van der Waals surface area contributed by atoms with Crippen LogP contribution in [-0.4, -0.2) is 41.5 Å². The number of esters is 1. The Labute approximate surface area is 110 Å². The van der Waals surface area contributed by atoms with Crippen LogP contribution in [0.25, 0.3) is 0 Å². The van der Waals surface area contributed by atoms with E-state index in [1.165, 1.54) is 0 Å². The van der Waals surface area contributed by atoms with E-state index in [1.54, 1.807) is 6.92 Å². The Bertz CT molecular complexity index is 355. The summed E-state index contributed by atoms with van der Waals surface area (Å²) >= 11 is 0. The standard InChI is InChI=1S/C11H18N2O6/c1-2-19-10(17)6-4-8(14)13-7(11(12)18)3-5-9(15)16/h7H,2-6H2,1H3,(H2,12,18)(H,13,14)(H,15,16)/t7-/m0/s1. The van der Waals surface area contributed by atoms with Crippen molar-refractivity contribution in [3.8, 4) is 0 Å². The summed E-state index contributed by atoms with van der Waals surface area (Å²) in [6.07, 6.45) is -0.624. The number of carbonyl (C=O) groups excluding carboxylic acids is 3. The summed E-state index contributed by atoms with van der Waals surface area (Å²) in [7, 11) is 0. The number of primary amides is 1. The largest absolute Gasteiger partial charge is 0.481 e. The second-order valence-electron chi connectivity index (χ2n) is 3.76. The predicted molar refractivity (Wildman–Crippen MR) is 63.9 cm³/mol. The molecule has 0 aliphatic heterocycles. The Kier molecular flexibility index (Phi) is 7.90. The topological polar surface area (TPSA) is 136 Å². The fourth-order valence-corrected chi connectivity index (χ4v) is 1.27. The zero-order chi connectivity index (χ0) is 14.8. The fourth-order valence-electron chi connectivity index (χ4n) is 1.27. The number of amides is 2. The van der Waals surface area contributed by atoms with E-state index in [-0.39, 0.29) is 32.3 Å². The lowest BCUT2D eigenvalue weighted by atomic mass is 10.1. The molecule has 0 fully saturated rings. The van der Waals surface area contributed by atoms with Gasteiger partial charge in [-0.15, -0.1) is 0 Å². The van der Waals surface area contributed by atoms with E-state index in [0.717, 1.165) is 0 Å². The molecular weight excluding hydrogens is 256 g/mol. The van der Waals surface area contributed by atoms with Crippen molar-refractivity contribution in [2.75, 3.05) is 6.61 Å². The van der Waals surface area contributed by atoms with Crippen LogP contribution in [0.1, 0.15) is 32.6 Å². The van der Waals surface area contributed by atoms with Crippen molar-refractivity contribution < 1.29 is 29.0 Å². The van der Waals surface area contributed by atoms with Crippen molar-refractivity contribution >= 4 is 23.8 Å². The van der Waals surface area contributed by atoms with E-state index >= 15 is 0 Å². The second kappa shape index (κ2) is 8.90. The molecule has 0 aliphatic carbocycles. The Morgan fingerprint density at radius 3 is 2.32 bits per heavy atom. The maximum Gasteiger partial charge on any atom is 0.306 e. The first-order chi connectivity index (χ1) is 8.86. The molecule has 19 heavy (non-hydrogen) atoms. The highest BCUT2D eigenvalue weighted by Gasteiger charge is 2.19. The Balaban J connectivity index is 4.13. The van der Waals surface area contributed by atoms with E-state index in [1.807, 2.05) is 0 Å². The van der Waals surface area contributed by atoms with Crippen LogP contribution in [0.4, 0.5) is 0 Å². The van der Waals surface area contributed by atoms with E-state index in [4.69, 9.17) is 10.8 Å². The van der Waals surface area contributed by atoms with Crippen LogP contribution >= 0.6 is 0 Å². The highest BCUT2D eigenvalue weighted by Crippen LogP contribution is 1.99. The molecule has 108 valence electrons. The molecule has 0 heterocycles. The van der Waals surface area contributed by atoms with Crippen LogP contribution in [0.3, 0.4) is 0 Å². The highest BCUT2D eigenvalue weighted by atomic mass is 16.5. The van der Waals surface area contributed by atoms with Gasteiger partial charge in [0.1, 0.15) is 6.04 Å². The molecule has 8 nitrogen and oxygen atoms in total. The number of nitrogens with two attached hydrogens (primary N) is 1. The molecule has 0 aromatic rings. The average Bonchev–Trinajstić information content (AvgIpc) is 2.31. The summed E-state index contributed by atoms with van der Waals surface area (Å²) in [5.41, 5.74) is 5.04. The first kappa shape index (κ1) is 16.9. The molecule has 0 unspecified atom stereocenters. The van der Waals surface area contributed by atoms with Gasteiger partial charge in [-0.1, -0.05) is 0 Å². The third kappa shape index (κ3) is 8.58. The number of ether oxygens (including phenoxy) is 1. The first-order valence-corrected chi connectivity index (χ1v) is 5.82. The van der Waals surface area contributed by atoms with E-state index in [2.05, 4.69) is 10.1 Å². The van der Waals surface area contributed by atoms with Gasteiger partial charge in [0, 0.05) is 12.8 Å². The van der Waals surface area contributed by atoms with Gasteiger partial charge in [-0.3, -0.25) is 19.2 Å². The summed E-state index contributed by atoms with van der Waals surface area (Å²) in [6, 6.07) is -1.05. The maximum atomic E-state index is 11.4. The molecule has 0 spiro atoms. The van der Waals surface area contributed by atoms with Gasteiger partial charge in [0.15, 0.2) is 0 Å². The number of carbonyl (C=O) groups is 4. The molecule has 0 aromatic carbocycles. The first-order valence-electron chi connectivity index (χ1n) is 5.82. The van der Waals surface area contributed by atoms with Crippen molar-refractivity contribution in [2.45, 2.75) is 38.6 Å². The summed E-state index contributed by atoms with van der Waals surface area (Å²) in [6.45, 7) is 1.87. The number of carboxylic acid groups (broad SMARTS) is 1. The average molecular weight is 274 g/mol. The molecule has 0 radical (unpaired) electrons. The van der Waals surface area contributed by atoms with Crippen molar-refractivity contribution in [3.05, 3.63) is 0 Å². The lowest BCUT2D eigenvalue weighted by Crippen LogP contribution is -2.44. The number of aliphatic carboxylic acids is 1. The molecule has 0 aromatic heterocycles. The van der Waals surface area contributed by atoms with Gasteiger partial charge in [0.25, 0.3) is 0 Å². The Morgan fingerprint density at radius 1 is 1.21 bits per heavy atom. The van der Waals surface area contributed by atoms with Gasteiger partial charge in [0.05, 0.1) is 13.0 Å². The SMILES string of the molecule is CCOC(=O)CCC(=O)N[C@@H](CCC(=O)O)C(N)=O. The van der Waals surface area contributed by atoms with Crippen molar-refractivity contribution in [1.82, 2.24) is 5.32 Å². The molecule has 0 aliphatic rings. The number of nitrogens with one attached hydrogen (secondary N) is 1. The third-order valence-corrected chi connectivity index (χ3v) is 2.19. The van der Waals surface area contributed by atoms with Crippen LogP contribution < -0.4 is 11.1 Å². The van der Waals surface area contributed by atoms with Gasteiger partial charge in [-0.25, -0.2) is 0 Å². The lowest BCUT2D eigenvalue weighted by Gasteiger charge is -2.14. The van der Waals surface area contributed by atoms with Gasteiger partial charge < -0.3 is 20.9 Å². The van der Waals surface area contributed by atoms with Gasteiger partial charge in [0.2, 0.25) is 11.8 Å². The van der Waals surface area contributed by atoms with E-state index in [9.17, 15) is 19.2 Å². The van der Waals surface area contributed by atoms with Crippen LogP contribution in [0.5, 0.6) is 0 Å². The number of hydrogen-bond donors (Lipinski definition) is 3. The molecule has 0 saturated carbocycles. The third-order valence-electron chi connectivity index (χ3n) is 2.19. The smallest absolute Gasteiger partial charge is 0.306 e. The van der Waals surface area contributed by atoms with Crippen LogP contribution in [0.2, 0.25) is 0 Å². The number of hydrogen-bond acceptors (Lipinski definition) is 5. The van der Waals surface area contributed by atoms with E-state index in [0.29, 0.717) is 0 Å². The Hall–Kier alpha value is -2.12. The normalized spacial score (nSPS) is 11.4. The molecule has 0 rings (SSSR count). The molecular formula is C11H18N2O6. The predicted octanol–water partition coefficient (Wildman–Crippen LogP) is -0.835. The Morgan fingerprint density at radius 2 is 1.84 bits per heavy atom. The molecule has 0 saturated heterocycles. The summed E-state index contributed by atoms with van der Waals surface area (Å²) in [5.74, 6) is -2.97. The quantitative estimate of drug-likeness (QED) is 0.469. The zero-order valence-corrected chi connectivity index (χ0v) is 10.7. The second-order valence-corrected chi connectivity index (χ2v) is 3.76. The highest BCUT2D eigenvalue weighted by molar-refractivity contribution is 5.88. The van der Waals surface area contributed by atoms with Crippen molar-refractivity contribution in [3.63, 3.8) is 0 Å². The minimum absolute atomic E-state index is 0.0875. The molecule has 2 amide bonds. The van der Waals surface area contributed by atoms with Gasteiger partial charge in [-0.05, 0) is 13.3 Å². The molecule has 1 atom stereocenters. The van der Waals surface area contributed by atoms with Gasteiger partial charge in [-0.2, -0.15) is 0 Å². The number of rotatable bonds is 9. The lowest BCUT2D eigenvalue weighted by molar-refractivity contribution is -0.144. The fraction of sp³-hybridized carbons (Fsp3) is 0.636. The molecule has 0 bridgehead atoms. The van der Waals surface area contributed by atoms with Crippen LogP contribution in [0.15, 0.2) is 0 Å². The summed E-state index contributed by atoms with van der Waals surface area (Å²) in [5, 5.41) is 10.8. The van der Waals surface area contributed by atoms with Crippen molar-refractivity contribution in [2.24, 2.45) is 5.73 Å². The molecule has 8 heteroatoms.